The molecule has 30 heavy (non-hydrogen) atoms. The van der Waals surface area contributed by atoms with Gasteiger partial charge >= 0.3 is 11.8 Å². The molecular formula is C20H18BrFN4O4. The SMILES string of the molecule is O=C(COc1ccccc1/C=N\NC(=O)C(=O)NC1CC1)Nc1ccc(Br)cc1F. The van der Waals surface area contributed by atoms with E-state index in [4.69, 9.17) is 4.74 Å². The molecule has 1 saturated carbocycles. The van der Waals surface area contributed by atoms with Crippen molar-refractivity contribution in [3.05, 3.63) is 58.3 Å². The van der Waals surface area contributed by atoms with E-state index in [1.807, 2.05) is 0 Å². The second-order valence-electron chi connectivity index (χ2n) is 6.45. The van der Waals surface area contributed by atoms with E-state index in [9.17, 15) is 18.8 Å². The van der Waals surface area contributed by atoms with E-state index in [2.05, 4.69) is 37.1 Å². The predicted octanol–water partition coefficient (Wildman–Crippen LogP) is 2.33. The number of rotatable bonds is 7. The highest BCUT2D eigenvalue weighted by atomic mass is 79.9. The second-order valence-corrected chi connectivity index (χ2v) is 7.36. The number of carbonyl (C=O) groups excluding carboxylic acids is 3. The van der Waals surface area contributed by atoms with Crippen LogP contribution in [0.1, 0.15) is 18.4 Å². The molecule has 10 heteroatoms. The fourth-order valence-electron chi connectivity index (χ4n) is 2.33. The van der Waals surface area contributed by atoms with Gasteiger partial charge in [0.2, 0.25) is 0 Å². The van der Waals surface area contributed by atoms with E-state index >= 15 is 0 Å². The first-order valence-electron chi connectivity index (χ1n) is 9.03. The van der Waals surface area contributed by atoms with Crippen molar-refractivity contribution in [3.8, 4) is 5.75 Å². The van der Waals surface area contributed by atoms with Crippen molar-refractivity contribution < 1.29 is 23.5 Å². The molecule has 3 rings (SSSR count). The summed E-state index contributed by atoms with van der Waals surface area (Å²) < 4.78 is 19.8. The summed E-state index contributed by atoms with van der Waals surface area (Å²) in [6.07, 6.45) is 3.04. The molecule has 3 N–H and O–H groups in total. The number of amides is 3. The Morgan fingerprint density at radius 1 is 1.17 bits per heavy atom. The summed E-state index contributed by atoms with van der Waals surface area (Å²) >= 11 is 3.14. The summed E-state index contributed by atoms with van der Waals surface area (Å²) in [6.45, 7) is -0.365. The molecule has 1 aliphatic carbocycles. The Balaban J connectivity index is 1.53. The third kappa shape index (κ3) is 6.38. The fraction of sp³-hybridized carbons (Fsp3) is 0.200. The third-order valence-electron chi connectivity index (χ3n) is 3.97. The van der Waals surface area contributed by atoms with Gasteiger partial charge in [-0.15, -0.1) is 0 Å². The van der Waals surface area contributed by atoms with Crippen LogP contribution in [0.4, 0.5) is 10.1 Å². The maximum atomic E-state index is 13.8. The van der Waals surface area contributed by atoms with Gasteiger partial charge in [0.25, 0.3) is 5.91 Å². The van der Waals surface area contributed by atoms with Crippen molar-refractivity contribution in [3.63, 3.8) is 0 Å². The highest BCUT2D eigenvalue weighted by molar-refractivity contribution is 9.10. The van der Waals surface area contributed by atoms with E-state index in [0.29, 0.717) is 15.8 Å². The minimum absolute atomic E-state index is 0.0360. The van der Waals surface area contributed by atoms with Gasteiger partial charge in [-0.05, 0) is 43.2 Å². The monoisotopic (exact) mass is 476 g/mol. The van der Waals surface area contributed by atoms with Crippen molar-refractivity contribution in [2.75, 3.05) is 11.9 Å². The van der Waals surface area contributed by atoms with Crippen LogP contribution in [-0.2, 0) is 14.4 Å². The van der Waals surface area contributed by atoms with Crippen molar-refractivity contribution >= 4 is 45.6 Å². The Kier molecular flexibility index (Phi) is 7.12. The molecule has 0 aliphatic heterocycles. The van der Waals surface area contributed by atoms with Gasteiger partial charge in [0.05, 0.1) is 11.9 Å². The molecule has 0 unspecified atom stereocenters. The average Bonchev–Trinajstić information content (AvgIpc) is 3.53. The summed E-state index contributed by atoms with van der Waals surface area (Å²) in [4.78, 5) is 35.3. The van der Waals surface area contributed by atoms with E-state index < -0.39 is 23.5 Å². The van der Waals surface area contributed by atoms with Gasteiger partial charge in [-0.2, -0.15) is 5.10 Å². The predicted molar refractivity (Wildman–Crippen MR) is 112 cm³/mol. The molecule has 3 amide bonds. The maximum Gasteiger partial charge on any atom is 0.329 e. The second kappa shape index (κ2) is 9.97. The summed E-state index contributed by atoms with van der Waals surface area (Å²) in [7, 11) is 0. The van der Waals surface area contributed by atoms with Crippen LogP contribution in [0.3, 0.4) is 0 Å². The summed E-state index contributed by atoms with van der Waals surface area (Å²) in [5.74, 6) is -2.41. The number of benzene rings is 2. The number of para-hydroxylation sites is 1. The molecule has 1 fully saturated rings. The van der Waals surface area contributed by atoms with Crippen LogP contribution >= 0.6 is 15.9 Å². The zero-order chi connectivity index (χ0) is 21.5. The van der Waals surface area contributed by atoms with Gasteiger partial charge in [0, 0.05) is 16.1 Å². The first-order valence-corrected chi connectivity index (χ1v) is 9.82. The van der Waals surface area contributed by atoms with Crippen LogP contribution in [0.15, 0.2) is 52.0 Å². The topological polar surface area (TPSA) is 109 Å². The summed E-state index contributed by atoms with van der Waals surface area (Å²) in [5, 5.41) is 8.72. The molecule has 2 aromatic carbocycles. The van der Waals surface area contributed by atoms with Crippen molar-refractivity contribution in [2.24, 2.45) is 5.10 Å². The van der Waals surface area contributed by atoms with Crippen LogP contribution in [0.2, 0.25) is 0 Å². The minimum atomic E-state index is -0.868. The molecule has 0 spiro atoms. The quantitative estimate of drug-likeness (QED) is 0.323. The Morgan fingerprint density at radius 2 is 1.93 bits per heavy atom. The highest BCUT2D eigenvalue weighted by Gasteiger charge is 2.26. The summed E-state index contributed by atoms with van der Waals surface area (Å²) in [6, 6.07) is 11.0. The molecule has 0 heterocycles. The molecular weight excluding hydrogens is 459 g/mol. The van der Waals surface area contributed by atoms with Crippen molar-refractivity contribution in [1.29, 1.82) is 0 Å². The number of hydrazone groups is 1. The number of nitrogens with zero attached hydrogens (tertiary/aromatic N) is 1. The Hall–Kier alpha value is -3.27. The standard InChI is InChI=1S/C20H18BrFN4O4/c21-13-5-8-16(15(22)9-13)25-18(27)11-30-17-4-2-1-3-12(17)10-23-26-20(29)19(28)24-14-6-7-14/h1-5,8-10,14H,6-7,11H2,(H,24,28)(H,25,27)(H,26,29)/b23-10-. The maximum absolute atomic E-state index is 13.8. The molecule has 8 nitrogen and oxygen atoms in total. The number of nitrogens with one attached hydrogen (secondary N) is 3. The lowest BCUT2D eigenvalue weighted by Gasteiger charge is -2.10. The van der Waals surface area contributed by atoms with E-state index in [1.54, 1.807) is 30.3 Å². The van der Waals surface area contributed by atoms with Crippen LogP contribution in [0, 0.1) is 5.82 Å². The summed E-state index contributed by atoms with van der Waals surface area (Å²) in [5.41, 5.74) is 2.65. The lowest BCUT2D eigenvalue weighted by atomic mass is 10.2. The van der Waals surface area contributed by atoms with Crippen LogP contribution in [0.5, 0.6) is 5.75 Å². The average molecular weight is 477 g/mol. The normalized spacial score (nSPS) is 13.0. The minimum Gasteiger partial charge on any atom is -0.483 e. The molecule has 2 aromatic rings. The third-order valence-corrected chi connectivity index (χ3v) is 4.46. The van der Waals surface area contributed by atoms with Gasteiger partial charge in [-0.1, -0.05) is 28.1 Å². The van der Waals surface area contributed by atoms with E-state index in [-0.39, 0.29) is 18.3 Å². The number of hydrogen-bond donors (Lipinski definition) is 3. The van der Waals surface area contributed by atoms with E-state index in [1.165, 1.54) is 18.3 Å². The van der Waals surface area contributed by atoms with Crippen molar-refractivity contribution in [2.45, 2.75) is 18.9 Å². The van der Waals surface area contributed by atoms with Crippen LogP contribution in [-0.4, -0.2) is 36.6 Å². The number of carbonyl (C=O) groups is 3. The first kappa shape index (κ1) is 21.4. The molecule has 1 aliphatic rings. The van der Waals surface area contributed by atoms with Gasteiger partial charge in [0.15, 0.2) is 6.61 Å². The molecule has 0 bridgehead atoms. The number of halogens is 2. The molecule has 0 aromatic heterocycles. The molecule has 156 valence electrons. The zero-order valence-electron chi connectivity index (χ0n) is 15.7. The fourth-order valence-corrected chi connectivity index (χ4v) is 2.66. The molecule has 0 saturated heterocycles. The lowest BCUT2D eigenvalue weighted by Crippen LogP contribution is -2.38. The zero-order valence-corrected chi connectivity index (χ0v) is 17.2. The Bertz CT molecular complexity index is 995. The Morgan fingerprint density at radius 3 is 2.67 bits per heavy atom. The largest absolute Gasteiger partial charge is 0.483 e. The van der Waals surface area contributed by atoms with Crippen LogP contribution < -0.4 is 20.8 Å². The van der Waals surface area contributed by atoms with Gasteiger partial charge in [-0.25, -0.2) is 9.82 Å². The lowest BCUT2D eigenvalue weighted by molar-refractivity contribution is -0.139. The van der Waals surface area contributed by atoms with Gasteiger partial charge < -0.3 is 15.4 Å². The molecule has 0 atom stereocenters. The van der Waals surface area contributed by atoms with Crippen LogP contribution in [0.25, 0.3) is 0 Å². The molecule has 0 radical (unpaired) electrons. The number of anilines is 1. The first-order chi connectivity index (χ1) is 14.4. The van der Waals surface area contributed by atoms with Gasteiger partial charge in [0.1, 0.15) is 11.6 Å². The number of ether oxygens (including phenoxy) is 1. The Labute approximate surface area is 180 Å². The van der Waals surface area contributed by atoms with Gasteiger partial charge in [-0.3, -0.25) is 14.4 Å². The van der Waals surface area contributed by atoms with E-state index in [0.717, 1.165) is 12.8 Å². The highest BCUT2D eigenvalue weighted by Crippen LogP contribution is 2.20. The van der Waals surface area contributed by atoms with Crippen molar-refractivity contribution in [1.82, 2.24) is 10.7 Å². The number of hydrogen-bond acceptors (Lipinski definition) is 5. The smallest absolute Gasteiger partial charge is 0.329 e.